The summed E-state index contributed by atoms with van der Waals surface area (Å²) in [7, 11) is 2.68. The van der Waals surface area contributed by atoms with Gasteiger partial charge in [-0.15, -0.1) is 0 Å². The molecule has 2 unspecified atom stereocenters. The Balaban J connectivity index is 1.99. The third-order valence-electron chi connectivity index (χ3n) is 6.28. The van der Waals surface area contributed by atoms with Crippen LogP contribution in [0.3, 0.4) is 0 Å². The van der Waals surface area contributed by atoms with Gasteiger partial charge in [0, 0.05) is 0 Å². The molecule has 29 heavy (non-hydrogen) atoms. The molecule has 0 radical (unpaired) electrons. The maximum absolute atomic E-state index is 12.7. The third kappa shape index (κ3) is 2.79. The van der Waals surface area contributed by atoms with Crippen LogP contribution in [0, 0.1) is 11.8 Å². The minimum atomic E-state index is -0.720. The molecular weight excluding hydrogens is 368 g/mol. The van der Waals surface area contributed by atoms with Gasteiger partial charge in [0.1, 0.15) is 11.8 Å². The Labute approximate surface area is 171 Å². The molecule has 152 valence electrons. The van der Waals surface area contributed by atoms with Crippen LogP contribution in [0.2, 0.25) is 0 Å². The zero-order valence-electron chi connectivity index (χ0n) is 17.7. The summed E-state index contributed by atoms with van der Waals surface area (Å²) in [5, 5.41) is 0. The van der Waals surface area contributed by atoms with Crippen LogP contribution >= 0.6 is 0 Å². The molecular formula is C24H26O5. The van der Waals surface area contributed by atoms with Crippen LogP contribution < -0.4 is 0 Å². The van der Waals surface area contributed by atoms with Crippen molar-refractivity contribution in [2.45, 2.75) is 39.9 Å². The quantitative estimate of drug-likeness (QED) is 0.668. The zero-order valence-corrected chi connectivity index (χ0v) is 17.7. The molecule has 0 spiro atoms. The SMILES string of the molecule is COC(=O)[C@@H]1C2OC(C3=C4C(C)=CC(C)=CC(C)=C4C(C)=CC=C32)[C@@H]1C(=O)OC. The van der Waals surface area contributed by atoms with Gasteiger partial charge < -0.3 is 14.2 Å². The normalized spacial score (nSPS) is 30.4. The second-order valence-corrected chi connectivity index (χ2v) is 8.11. The molecule has 2 bridgehead atoms. The maximum atomic E-state index is 12.7. The van der Waals surface area contributed by atoms with E-state index in [1.54, 1.807) is 0 Å². The van der Waals surface area contributed by atoms with Gasteiger partial charge in [-0.2, -0.15) is 0 Å². The van der Waals surface area contributed by atoms with E-state index in [2.05, 4.69) is 45.9 Å². The summed E-state index contributed by atoms with van der Waals surface area (Å²) in [5.41, 5.74) is 8.81. The van der Waals surface area contributed by atoms with E-state index in [0.29, 0.717) is 0 Å². The number of allylic oxidation sites excluding steroid dienone is 10. The zero-order chi connectivity index (χ0) is 21.0. The first-order valence-corrected chi connectivity index (χ1v) is 9.82. The van der Waals surface area contributed by atoms with Crippen LogP contribution in [0.5, 0.6) is 0 Å². The summed E-state index contributed by atoms with van der Waals surface area (Å²) < 4.78 is 16.3. The van der Waals surface area contributed by atoms with Crippen LogP contribution in [0.4, 0.5) is 0 Å². The molecule has 0 aromatic carbocycles. The smallest absolute Gasteiger partial charge is 0.312 e. The van der Waals surface area contributed by atoms with E-state index in [4.69, 9.17) is 14.2 Å². The Kier molecular flexibility index (Phi) is 4.74. The molecule has 4 atom stereocenters. The molecule has 0 aromatic heterocycles. The summed E-state index contributed by atoms with van der Waals surface area (Å²) >= 11 is 0. The highest BCUT2D eigenvalue weighted by atomic mass is 16.6. The van der Waals surface area contributed by atoms with E-state index in [0.717, 1.165) is 33.4 Å². The van der Waals surface area contributed by atoms with Gasteiger partial charge >= 0.3 is 11.9 Å². The highest BCUT2D eigenvalue weighted by Gasteiger charge is 2.61. The monoisotopic (exact) mass is 394 g/mol. The van der Waals surface area contributed by atoms with Crippen molar-refractivity contribution in [3.8, 4) is 0 Å². The number of esters is 2. The Morgan fingerprint density at radius 2 is 1.45 bits per heavy atom. The van der Waals surface area contributed by atoms with Crippen molar-refractivity contribution in [2.75, 3.05) is 14.2 Å². The molecule has 0 aromatic rings. The van der Waals surface area contributed by atoms with E-state index in [-0.39, 0.29) is 0 Å². The van der Waals surface area contributed by atoms with Gasteiger partial charge in [-0.05, 0) is 66.7 Å². The molecule has 0 N–H and O–H groups in total. The molecule has 4 rings (SSSR count). The number of fused-ring (bicyclic) bond motifs is 6. The fraction of sp³-hybridized carbons (Fsp3) is 0.417. The Morgan fingerprint density at radius 1 is 0.828 bits per heavy atom. The van der Waals surface area contributed by atoms with Crippen LogP contribution in [0.1, 0.15) is 27.7 Å². The van der Waals surface area contributed by atoms with Crippen molar-refractivity contribution < 1.29 is 23.8 Å². The van der Waals surface area contributed by atoms with Crippen LogP contribution in [0.15, 0.2) is 68.9 Å². The lowest BCUT2D eigenvalue weighted by Gasteiger charge is -2.29. The molecule has 2 aliphatic heterocycles. The van der Waals surface area contributed by atoms with Gasteiger partial charge in [-0.25, -0.2) is 0 Å². The van der Waals surface area contributed by atoms with Crippen LogP contribution in [-0.2, 0) is 23.8 Å². The van der Waals surface area contributed by atoms with E-state index in [1.807, 2.05) is 6.08 Å². The fourth-order valence-electron chi connectivity index (χ4n) is 5.24. The number of carbonyl (C=O) groups excluding carboxylic acids is 2. The number of ether oxygens (including phenoxy) is 3. The highest BCUT2D eigenvalue weighted by molar-refractivity contribution is 5.87. The van der Waals surface area contributed by atoms with Gasteiger partial charge in [0.15, 0.2) is 0 Å². The number of methoxy groups -OCH3 is 2. The maximum Gasteiger partial charge on any atom is 0.312 e. The molecule has 4 aliphatic rings. The van der Waals surface area contributed by atoms with Crippen molar-refractivity contribution in [2.24, 2.45) is 11.8 Å². The summed E-state index contributed by atoms with van der Waals surface area (Å²) in [6.07, 6.45) is 7.39. The fourth-order valence-corrected chi connectivity index (χ4v) is 5.24. The van der Waals surface area contributed by atoms with Crippen molar-refractivity contribution in [3.63, 3.8) is 0 Å². The number of hydrogen-bond donors (Lipinski definition) is 0. The lowest BCUT2D eigenvalue weighted by atomic mass is 9.71. The Bertz CT molecular complexity index is 998. The number of hydrogen-bond acceptors (Lipinski definition) is 5. The number of carbonyl (C=O) groups is 2. The first-order valence-electron chi connectivity index (χ1n) is 9.82. The largest absolute Gasteiger partial charge is 0.469 e. The van der Waals surface area contributed by atoms with Crippen molar-refractivity contribution in [1.29, 1.82) is 0 Å². The molecule has 2 saturated heterocycles. The van der Waals surface area contributed by atoms with Crippen molar-refractivity contribution in [1.82, 2.24) is 0 Å². The average Bonchev–Trinajstić information content (AvgIpc) is 3.15. The predicted molar refractivity (Wildman–Crippen MR) is 109 cm³/mol. The van der Waals surface area contributed by atoms with Gasteiger partial charge in [-0.1, -0.05) is 29.9 Å². The Hall–Kier alpha value is -2.66. The first-order chi connectivity index (χ1) is 13.8. The minimum absolute atomic E-state index is 0.444. The van der Waals surface area contributed by atoms with Gasteiger partial charge in [-0.3, -0.25) is 9.59 Å². The van der Waals surface area contributed by atoms with E-state index in [1.165, 1.54) is 25.4 Å². The minimum Gasteiger partial charge on any atom is -0.469 e. The lowest BCUT2D eigenvalue weighted by molar-refractivity contribution is -0.156. The predicted octanol–water partition coefficient (Wildman–Crippen LogP) is 3.75. The van der Waals surface area contributed by atoms with E-state index >= 15 is 0 Å². The number of rotatable bonds is 2. The van der Waals surface area contributed by atoms with Crippen LogP contribution in [0.25, 0.3) is 0 Å². The van der Waals surface area contributed by atoms with Gasteiger partial charge in [0.25, 0.3) is 0 Å². The summed E-state index contributed by atoms with van der Waals surface area (Å²) in [4.78, 5) is 25.2. The summed E-state index contributed by atoms with van der Waals surface area (Å²) in [5.74, 6) is -2.31. The second-order valence-electron chi connectivity index (χ2n) is 8.11. The van der Waals surface area contributed by atoms with Crippen molar-refractivity contribution in [3.05, 3.63) is 68.9 Å². The molecule has 5 nitrogen and oxygen atoms in total. The van der Waals surface area contributed by atoms with E-state index in [9.17, 15) is 9.59 Å². The first kappa shape index (κ1) is 19.6. The van der Waals surface area contributed by atoms with E-state index < -0.39 is 36.0 Å². The molecule has 2 aliphatic carbocycles. The molecule has 2 fully saturated rings. The summed E-state index contributed by atoms with van der Waals surface area (Å²) in [6, 6.07) is 0. The van der Waals surface area contributed by atoms with Crippen LogP contribution in [-0.4, -0.2) is 38.4 Å². The highest BCUT2D eigenvalue weighted by Crippen LogP contribution is 2.54. The Morgan fingerprint density at radius 3 is 2.07 bits per heavy atom. The topological polar surface area (TPSA) is 61.8 Å². The lowest BCUT2D eigenvalue weighted by Crippen LogP contribution is -2.41. The molecule has 2 heterocycles. The van der Waals surface area contributed by atoms with Gasteiger partial charge in [0.05, 0.1) is 26.4 Å². The third-order valence-corrected chi connectivity index (χ3v) is 6.28. The standard InChI is InChI=1S/C24H26O5/c1-11-9-13(3)16-12(2)7-8-15-18(17(16)14(4)10-11)22-20(24(26)28-6)19(21(15)29-22)23(25)27-5/h7-10,19-22H,1-6H3/t19-,20+,21?,22?/m0/s1. The molecule has 5 heteroatoms. The second kappa shape index (κ2) is 6.99. The molecule has 0 amide bonds. The van der Waals surface area contributed by atoms with Crippen molar-refractivity contribution >= 4 is 11.9 Å². The van der Waals surface area contributed by atoms with Gasteiger partial charge in [0.2, 0.25) is 0 Å². The summed E-state index contributed by atoms with van der Waals surface area (Å²) in [6.45, 7) is 8.38. The average molecular weight is 394 g/mol. The molecule has 0 saturated carbocycles.